The summed E-state index contributed by atoms with van der Waals surface area (Å²) >= 11 is 0. The molecule has 0 N–H and O–H groups in total. The Labute approximate surface area is 122 Å². The van der Waals surface area contributed by atoms with Gasteiger partial charge in [-0.05, 0) is 25.5 Å². The van der Waals surface area contributed by atoms with Gasteiger partial charge < -0.3 is 14.2 Å². The van der Waals surface area contributed by atoms with Gasteiger partial charge >= 0.3 is 0 Å². The molecule has 0 spiro atoms. The number of nitrogens with zero attached hydrogens (tertiary/aromatic N) is 2. The molecule has 2 aliphatic heterocycles. The molecular formula is C16H18N2O3. The van der Waals surface area contributed by atoms with E-state index in [1.807, 2.05) is 29.2 Å². The molecule has 1 aromatic heterocycles. The number of carbonyl (C=O) groups excluding carboxylic acids is 1. The second-order valence-electron chi connectivity index (χ2n) is 6.08. The third kappa shape index (κ3) is 2.21. The van der Waals surface area contributed by atoms with E-state index in [-0.39, 0.29) is 12.0 Å². The van der Waals surface area contributed by atoms with Gasteiger partial charge in [0.25, 0.3) is 0 Å². The van der Waals surface area contributed by atoms with Crippen molar-refractivity contribution in [3.8, 4) is 0 Å². The van der Waals surface area contributed by atoms with Gasteiger partial charge in [-0.15, -0.1) is 0 Å². The number of benzene rings is 1. The lowest BCUT2D eigenvalue weighted by molar-refractivity contribution is -0.130. The summed E-state index contributed by atoms with van der Waals surface area (Å²) in [5.74, 6) is 0.609. The smallest absolute Gasteiger partial charge is 0.228 e. The summed E-state index contributed by atoms with van der Waals surface area (Å²) in [7, 11) is 0. The van der Waals surface area contributed by atoms with E-state index >= 15 is 0 Å². The summed E-state index contributed by atoms with van der Waals surface area (Å²) in [5.41, 5.74) is 1.46. The van der Waals surface area contributed by atoms with E-state index in [1.165, 1.54) is 0 Å². The molecule has 2 fully saturated rings. The maximum atomic E-state index is 12.5. The predicted octanol–water partition coefficient (Wildman–Crippen LogP) is 2.01. The molecule has 1 amide bonds. The van der Waals surface area contributed by atoms with Crippen LogP contribution in [0.1, 0.15) is 19.0 Å². The minimum atomic E-state index is 0.111. The first-order valence-corrected chi connectivity index (χ1v) is 7.47. The summed E-state index contributed by atoms with van der Waals surface area (Å²) in [4.78, 5) is 14.4. The fourth-order valence-corrected chi connectivity index (χ4v) is 3.53. The number of fused-ring (bicyclic) bond motifs is 2. The molecule has 2 aliphatic rings. The molecule has 0 bridgehead atoms. The van der Waals surface area contributed by atoms with Crippen LogP contribution in [0.15, 0.2) is 28.8 Å². The molecular weight excluding hydrogens is 268 g/mol. The van der Waals surface area contributed by atoms with Gasteiger partial charge in [0.1, 0.15) is 5.69 Å². The van der Waals surface area contributed by atoms with Gasteiger partial charge in [0.05, 0.1) is 18.6 Å². The Morgan fingerprint density at radius 3 is 3.10 bits per heavy atom. The van der Waals surface area contributed by atoms with Gasteiger partial charge in [0.2, 0.25) is 5.91 Å². The van der Waals surface area contributed by atoms with Gasteiger partial charge in [-0.2, -0.15) is 0 Å². The van der Waals surface area contributed by atoms with E-state index < -0.39 is 0 Å². The molecule has 2 saturated heterocycles. The van der Waals surface area contributed by atoms with Crippen LogP contribution in [-0.4, -0.2) is 41.3 Å². The first-order chi connectivity index (χ1) is 10.2. The molecule has 21 heavy (non-hydrogen) atoms. The lowest BCUT2D eigenvalue weighted by Crippen LogP contribution is -2.32. The van der Waals surface area contributed by atoms with Crippen LogP contribution in [0.2, 0.25) is 0 Å². The third-order valence-corrected chi connectivity index (χ3v) is 4.55. The van der Waals surface area contributed by atoms with E-state index in [4.69, 9.17) is 9.26 Å². The topological polar surface area (TPSA) is 55.6 Å². The van der Waals surface area contributed by atoms with Crippen molar-refractivity contribution in [2.45, 2.75) is 32.0 Å². The van der Waals surface area contributed by atoms with Crippen molar-refractivity contribution in [1.29, 1.82) is 0 Å². The van der Waals surface area contributed by atoms with E-state index in [2.05, 4.69) is 12.1 Å². The number of hydrogen-bond donors (Lipinski definition) is 0. The lowest BCUT2D eigenvalue weighted by Gasteiger charge is -2.17. The first-order valence-electron chi connectivity index (χ1n) is 7.47. The highest BCUT2D eigenvalue weighted by molar-refractivity contribution is 5.86. The molecule has 0 unspecified atom stereocenters. The summed E-state index contributed by atoms with van der Waals surface area (Å²) in [6.07, 6.45) is 1.91. The number of para-hydroxylation sites is 1. The SMILES string of the molecule is C[C@H]1C[C@@H]2CN(C(=O)Cc3noc4ccccc34)C[C@@H]2O1. The molecule has 0 radical (unpaired) electrons. The van der Waals surface area contributed by atoms with Crippen LogP contribution in [0.4, 0.5) is 0 Å². The predicted molar refractivity (Wildman–Crippen MR) is 76.7 cm³/mol. The number of amides is 1. The summed E-state index contributed by atoms with van der Waals surface area (Å²) in [6, 6.07) is 7.64. The Morgan fingerprint density at radius 1 is 1.38 bits per heavy atom. The summed E-state index contributed by atoms with van der Waals surface area (Å²) in [5, 5.41) is 4.96. The normalized spacial score (nSPS) is 28.2. The zero-order valence-electron chi connectivity index (χ0n) is 12.0. The van der Waals surface area contributed by atoms with Crippen molar-refractivity contribution in [2.75, 3.05) is 13.1 Å². The van der Waals surface area contributed by atoms with E-state index in [9.17, 15) is 4.79 Å². The maximum Gasteiger partial charge on any atom is 0.228 e. The second-order valence-corrected chi connectivity index (χ2v) is 6.08. The number of likely N-dealkylation sites (tertiary alicyclic amines) is 1. The van der Waals surface area contributed by atoms with Crippen LogP contribution in [0.25, 0.3) is 11.0 Å². The quantitative estimate of drug-likeness (QED) is 0.847. The molecule has 3 heterocycles. The number of carbonyl (C=O) groups is 1. The van der Waals surface area contributed by atoms with Crippen molar-refractivity contribution < 1.29 is 14.1 Å². The standard InChI is InChI=1S/C16H18N2O3/c1-10-6-11-8-18(9-15(11)20-10)16(19)7-13-12-4-2-3-5-14(12)21-17-13/h2-5,10-11,15H,6-9H2,1H3/t10-,11+,15-/m0/s1. The average Bonchev–Trinajstić information content (AvgIpc) is 3.12. The maximum absolute atomic E-state index is 12.5. The molecule has 1 aromatic carbocycles. The summed E-state index contributed by atoms with van der Waals surface area (Å²) in [6.45, 7) is 3.62. The second kappa shape index (κ2) is 4.84. The van der Waals surface area contributed by atoms with Gasteiger partial charge in [0.15, 0.2) is 5.58 Å². The number of hydrogen-bond acceptors (Lipinski definition) is 4. The van der Waals surface area contributed by atoms with Gasteiger partial charge in [-0.1, -0.05) is 17.3 Å². The molecule has 3 atom stereocenters. The van der Waals surface area contributed by atoms with Crippen LogP contribution in [-0.2, 0) is 16.0 Å². The van der Waals surface area contributed by atoms with Crippen LogP contribution in [0.3, 0.4) is 0 Å². The molecule has 5 heteroatoms. The number of aromatic nitrogens is 1. The largest absolute Gasteiger partial charge is 0.373 e. The lowest BCUT2D eigenvalue weighted by atomic mass is 10.0. The van der Waals surface area contributed by atoms with Crippen LogP contribution < -0.4 is 0 Å². The molecule has 0 aliphatic carbocycles. The van der Waals surface area contributed by atoms with Gasteiger partial charge in [-0.25, -0.2) is 0 Å². The van der Waals surface area contributed by atoms with Crippen molar-refractivity contribution in [1.82, 2.24) is 10.1 Å². The minimum absolute atomic E-state index is 0.111. The van der Waals surface area contributed by atoms with Crippen LogP contribution in [0.5, 0.6) is 0 Å². The first kappa shape index (κ1) is 12.8. The monoisotopic (exact) mass is 286 g/mol. The van der Waals surface area contributed by atoms with Crippen molar-refractivity contribution >= 4 is 16.9 Å². The van der Waals surface area contributed by atoms with Crippen LogP contribution in [0, 0.1) is 5.92 Å². The third-order valence-electron chi connectivity index (χ3n) is 4.55. The van der Waals surface area contributed by atoms with E-state index in [1.54, 1.807) is 0 Å². The molecule has 110 valence electrons. The summed E-state index contributed by atoms with van der Waals surface area (Å²) < 4.78 is 11.1. The Hall–Kier alpha value is -1.88. The highest BCUT2D eigenvalue weighted by Crippen LogP contribution is 2.33. The minimum Gasteiger partial charge on any atom is -0.373 e. The fraction of sp³-hybridized carbons (Fsp3) is 0.500. The highest BCUT2D eigenvalue weighted by atomic mass is 16.5. The van der Waals surface area contributed by atoms with Crippen molar-refractivity contribution in [2.24, 2.45) is 5.92 Å². The fourth-order valence-electron chi connectivity index (χ4n) is 3.53. The van der Waals surface area contributed by atoms with Crippen LogP contribution >= 0.6 is 0 Å². The molecule has 2 aromatic rings. The Bertz CT molecular complexity index is 667. The Balaban J connectivity index is 1.47. The Morgan fingerprint density at radius 2 is 2.24 bits per heavy atom. The zero-order valence-corrected chi connectivity index (χ0v) is 12.0. The van der Waals surface area contributed by atoms with Gasteiger partial charge in [0, 0.05) is 24.4 Å². The highest BCUT2D eigenvalue weighted by Gasteiger charge is 2.41. The average molecular weight is 286 g/mol. The molecule has 4 rings (SSSR count). The van der Waals surface area contributed by atoms with Gasteiger partial charge in [-0.3, -0.25) is 4.79 Å². The van der Waals surface area contributed by atoms with E-state index in [0.29, 0.717) is 25.0 Å². The van der Waals surface area contributed by atoms with Crippen molar-refractivity contribution in [3.05, 3.63) is 30.0 Å². The number of rotatable bonds is 2. The number of ether oxygens (including phenoxy) is 1. The van der Waals surface area contributed by atoms with E-state index in [0.717, 1.165) is 29.6 Å². The Kier molecular flexibility index (Phi) is 2.96. The molecule has 0 saturated carbocycles. The zero-order chi connectivity index (χ0) is 14.4. The van der Waals surface area contributed by atoms with Crippen molar-refractivity contribution in [3.63, 3.8) is 0 Å². The molecule has 5 nitrogen and oxygen atoms in total.